The van der Waals surface area contributed by atoms with Gasteiger partial charge in [0.05, 0.1) is 11.7 Å². The molecule has 5 nitrogen and oxygen atoms in total. The SMILES string of the molecule is CCN1CCN(c2nsnc2OCc2ccccc2Cl)CC1. The van der Waals surface area contributed by atoms with Gasteiger partial charge in [-0.15, -0.1) is 4.37 Å². The Bertz CT molecular complexity index is 613. The van der Waals surface area contributed by atoms with Gasteiger partial charge < -0.3 is 14.5 Å². The molecule has 118 valence electrons. The Morgan fingerprint density at radius 2 is 1.95 bits per heavy atom. The van der Waals surface area contributed by atoms with Crippen LogP contribution in [0.5, 0.6) is 5.88 Å². The van der Waals surface area contributed by atoms with Gasteiger partial charge in [-0.1, -0.05) is 36.7 Å². The highest BCUT2D eigenvalue weighted by molar-refractivity contribution is 6.99. The molecule has 1 aliphatic rings. The maximum Gasteiger partial charge on any atom is 0.271 e. The summed E-state index contributed by atoms with van der Waals surface area (Å²) in [5.74, 6) is 1.46. The van der Waals surface area contributed by atoms with E-state index in [0.29, 0.717) is 17.5 Å². The largest absolute Gasteiger partial charge is 0.469 e. The van der Waals surface area contributed by atoms with Crippen LogP contribution in [-0.4, -0.2) is 46.4 Å². The lowest BCUT2D eigenvalue weighted by Crippen LogP contribution is -2.46. The molecule has 1 aliphatic heterocycles. The molecule has 0 bridgehead atoms. The third-order valence-electron chi connectivity index (χ3n) is 3.88. The summed E-state index contributed by atoms with van der Waals surface area (Å²) in [6.45, 7) is 7.73. The van der Waals surface area contributed by atoms with Crippen LogP contribution >= 0.6 is 23.3 Å². The number of anilines is 1. The van der Waals surface area contributed by atoms with E-state index in [1.807, 2.05) is 24.3 Å². The van der Waals surface area contributed by atoms with E-state index >= 15 is 0 Å². The number of likely N-dealkylation sites (N-methyl/N-ethyl adjacent to an activating group) is 1. The molecule has 0 N–H and O–H groups in total. The summed E-state index contributed by atoms with van der Waals surface area (Å²) in [6, 6.07) is 7.69. The molecule has 7 heteroatoms. The van der Waals surface area contributed by atoms with Crippen molar-refractivity contribution in [2.24, 2.45) is 0 Å². The molecule has 3 rings (SSSR count). The zero-order valence-electron chi connectivity index (χ0n) is 12.5. The summed E-state index contributed by atoms with van der Waals surface area (Å²) in [7, 11) is 0. The summed E-state index contributed by atoms with van der Waals surface area (Å²) in [4.78, 5) is 4.68. The highest BCUT2D eigenvalue weighted by Crippen LogP contribution is 2.28. The molecule has 2 heterocycles. The maximum absolute atomic E-state index is 6.16. The van der Waals surface area contributed by atoms with Gasteiger partial charge in [-0.25, -0.2) is 0 Å². The second-order valence-corrected chi connectivity index (χ2v) is 6.13. The zero-order chi connectivity index (χ0) is 15.4. The van der Waals surface area contributed by atoms with Crippen molar-refractivity contribution >= 4 is 29.1 Å². The number of hydrogen-bond acceptors (Lipinski definition) is 6. The van der Waals surface area contributed by atoms with Gasteiger partial charge in [-0.3, -0.25) is 0 Å². The molecular weight excluding hydrogens is 320 g/mol. The average Bonchev–Trinajstić information content (AvgIpc) is 3.03. The Balaban J connectivity index is 1.64. The molecule has 2 aromatic rings. The smallest absolute Gasteiger partial charge is 0.271 e. The predicted molar refractivity (Wildman–Crippen MR) is 90.0 cm³/mol. The van der Waals surface area contributed by atoms with Gasteiger partial charge >= 0.3 is 0 Å². The summed E-state index contributed by atoms with van der Waals surface area (Å²) in [5.41, 5.74) is 0.957. The molecule has 1 fully saturated rings. The first-order valence-corrected chi connectivity index (χ1v) is 8.55. The fraction of sp³-hybridized carbons (Fsp3) is 0.467. The molecule has 0 amide bonds. The van der Waals surface area contributed by atoms with E-state index in [-0.39, 0.29) is 0 Å². The van der Waals surface area contributed by atoms with Crippen molar-refractivity contribution in [2.45, 2.75) is 13.5 Å². The lowest BCUT2D eigenvalue weighted by Gasteiger charge is -2.34. The van der Waals surface area contributed by atoms with E-state index in [1.54, 1.807) is 0 Å². The van der Waals surface area contributed by atoms with Crippen LogP contribution in [0.3, 0.4) is 0 Å². The van der Waals surface area contributed by atoms with Crippen molar-refractivity contribution < 1.29 is 4.74 Å². The van der Waals surface area contributed by atoms with Crippen molar-refractivity contribution in [2.75, 3.05) is 37.6 Å². The Morgan fingerprint density at radius 1 is 1.18 bits per heavy atom. The summed E-state index contributed by atoms with van der Waals surface area (Å²) >= 11 is 7.35. The third kappa shape index (κ3) is 3.51. The van der Waals surface area contributed by atoms with Crippen LogP contribution in [0.25, 0.3) is 0 Å². The quantitative estimate of drug-likeness (QED) is 0.838. The molecule has 1 aromatic carbocycles. The first-order valence-electron chi connectivity index (χ1n) is 7.44. The average molecular weight is 339 g/mol. The molecule has 22 heavy (non-hydrogen) atoms. The van der Waals surface area contributed by atoms with Crippen LogP contribution in [0, 0.1) is 0 Å². The minimum Gasteiger partial charge on any atom is -0.469 e. The normalized spacial score (nSPS) is 16.0. The van der Waals surface area contributed by atoms with Gasteiger partial charge in [0.2, 0.25) is 5.82 Å². The van der Waals surface area contributed by atoms with Crippen LogP contribution in [0.2, 0.25) is 5.02 Å². The Hall–Kier alpha value is -1.37. The van der Waals surface area contributed by atoms with Crippen LogP contribution in [0.15, 0.2) is 24.3 Å². The number of benzene rings is 1. The van der Waals surface area contributed by atoms with Gasteiger partial charge in [-0.2, -0.15) is 4.37 Å². The number of rotatable bonds is 5. The van der Waals surface area contributed by atoms with Crippen molar-refractivity contribution in [1.29, 1.82) is 0 Å². The minimum absolute atomic E-state index is 0.410. The van der Waals surface area contributed by atoms with Gasteiger partial charge in [0.25, 0.3) is 5.88 Å². The number of halogens is 1. The van der Waals surface area contributed by atoms with E-state index in [9.17, 15) is 0 Å². The lowest BCUT2D eigenvalue weighted by atomic mass is 10.2. The van der Waals surface area contributed by atoms with Crippen molar-refractivity contribution in [3.05, 3.63) is 34.9 Å². The first-order chi connectivity index (χ1) is 10.8. The third-order valence-corrected chi connectivity index (χ3v) is 4.75. The molecular formula is C15H19ClN4OS. The standard InChI is InChI=1S/C15H19ClN4OS/c1-2-19-7-9-20(10-8-19)14-15(18-22-17-14)21-11-12-5-3-4-6-13(12)16/h3-6H,2,7-11H2,1H3. The van der Waals surface area contributed by atoms with Crippen LogP contribution in [0.1, 0.15) is 12.5 Å². The van der Waals surface area contributed by atoms with Crippen molar-refractivity contribution in [1.82, 2.24) is 13.6 Å². The highest BCUT2D eigenvalue weighted by Gasteiger charge is 2.22. The second-order valence-electron chi connectivity index (χ2n) is 5.19. The van der Waals surface area contributed by atoms with Gasteiger partial charge in [-0.05, 0) is 12.6 Å². The topological polar surface area (TPSA) is 41.5 Å². The van der Waals surface area contributed by atoms with Crippen LogP contribution in [-0.2, 0) is 6.61 Å². The summed E-state index contributed by atoms with van der Waals surface area (Å²) in [5, 5.41) is 0.712. The van der Waals surface area contributed by atoms with E-state index < -0.39 is 0 Å². The molecule has 1 saturated heterocycles. The number of hydrogen-bond donors (Lipinski definition) is 0. The second kappa shape index (κ2) is 7.26. The van der Waals surface area contributed by atoms with E-state index in [4.69, 9.17) is 16.3 Å². The Kier molecular flexibility index (Phi) is 5.12. The molecule has 0 radical (unpaired) electrons. The van der Waals surface area contributed by atoms with Gasteiger partial charge in [0, 0.05) is 36.8 Å². The van der Waals surface area contributed by atoms with Crippen LogP contribution < -0.4 is 9.64 Å². The van der Waals surface area contributed by atoms with Gasteiger partial charge in [0.1, 0.15) is 6.61 Å². The number of aromatic nitrogens is 2. The summed E-state index contributed by atoms with van der Waals surface area (Å²) < 4.78 is 14.5. The van der Waals surface area contributed by atoms with E-state index in [2.05, 4.69) is 25.5 Å². The Morgan fingerprint density at radius 3 is 2.68 bits per heavy atom. The number of piperazine rings is 1. The molecule has 0 saturated carbocycles. The molecule has 1 aromatic heterocycles. The predicted octanol–water partition coefficient (Wildman–Crippen LogP) is 2.91. The molecule has 0 aliphatic carbocycles. The van der Waals surface area contributed by atoms with Crippen LogP contribution in [0.4, 0.5) is 5.82 Å². The first kappa shape index (κ1) is 15.5. The molecule has 0 atom stereocenters. The maximum atomic E-state index is 6.16. The highest BCUT2D eigenvalue weighted by atomic mass is 35.5. The van der Waals surface area contributed by atoms with Crippen molar-refractivity contribution in [3.63, 3.8) is 0 Å². The Labute approximate surface area is 139 Å². The zero-order valence-corrected chi connectivity index (χ0v) is 14.1. The lowest BCUT2D eigenvalue weighted by molar-refractivity contribution is 0.266. The summed E-state index contributed by atoms with van der Waals surface area (Å²) in [6.07, 6.45) is 0. The number of nitrogens with zero attached hydrogens (tertiary/aromatic N) is 4. The minimum atomic E-state index is 0.410. The fourth-order valence-corrected chi connectivity index (χ4v) is 3.21. The van der Waals surface area contributed by atoms with Gasteiger partial charge in [0.15, 0.2) is 0 Å². The fourth-order valence-electron chi connectivity index (χ4n) is 2.50. The number of ether oxygens (including phenoxy) is 1. The van der Waals surface area contributed by atoms with E-state index in [1.165, 1.54) is 11.7 Å². The monoisotopic (exact) mass is 338 g/mol. The molecule has 0 spiro atoms. The molecule has 0 unspecified atom stereocenters. The van der Waals surface area contributed by atoms with E-state index in [0.717, 1.165) is 44.1 Å². The van der Waals surface area contributed by atoms with Crippen molar-refractivity contribution in [3.8, 4) is 5.88 Å².